The van der Waals surface area contributed by atoms with Crippen molar-refractivity contribution >= 4 is 17.7 Å². The molecular formula is C23H29F3N6O2. The van der Waals surface area contributed by atoms with E-state index in [9.17, 15) is 18.0 Å². The third-order valence-corrected chi connectivity index (χ3v) is 5.47. The SMILES string of the molecule is Cc1cc(C(=O)NC(C)c2ccc(OCCC(F)(F)F)nc2)cc(N(CCC2CC2)C(=N)N)n1. The Morgan fingerprint density at radius 1 is 1.35 bits per heavy atom. The van der Waals surface area contributed by atoms with Crippen molar-refractivity contribution < 1.29 is 22.7 Å². The number of amides is 1. The second-order valence-corrected chi connectivity index (χ2v) is 8.46. The van der Waals surface area contributed by atoms with Gasteiger partial charge in [-0.3, -0.25) is 15.1 Å². The molecule has 4 N–H and O–H groups in total. The summed E-state index contributed by atoms with van der Waals surface area (Å²) in [5, 5.41) is 10.8. The zero-order valence-electron chi connectivity index (χ0n) is 19.2. The maximum absolute atomic E-state index is 12.9. The first-order valence-electron chi connectivity index (χ1n) is 11.1. The van der Waals surface area contributed by atoms with E-state index >= 15 is 0 Å². The number of ether oxygens (including phenoxy) is 1. The van der Waals surface area contributed by atoms with Gasteiger partial charge in [0, 0.05) is 30.1 Å². The smallest absolute Gasteiger partial charge is 0.392 e. The van der Waals surface area contributed by atoms with Crippen LogP contribution in [0.25, 0.3) is 0 Å². The molecule has 184 valence electrons. The van der Waals surface area contributed by atoms with Crippen LogP contribution in [0.4, 0.5) is 19.0 Å². The van der Waals surface area contributed by atoms with Crippen molar-refractivity contribution in [3.63, 3.8) is 0 Å². The number of nitrogens with one attached hydrogen (secondary N) is 2. The van der Waals surface area contributed by atoms with Crippen LogP contribution in [0.15, 0.2) is 30.5 Å². The van der Waals surface area contributed by atoms with Gasteiger partial charge in [-0.1, -0.05) is 18.9 Å². The van der Waals surface area contributed by atoms with Crippen molar-refractivity contribution in [1.29, 1.82) is 5.41 Å². The molecule has 1 amide bonds. The number of hydrogen-bond donors (Lipinski definition) is 3. The molecule has 0 radical (unpaired) electrons. The monoisotopic (exact) mass is 478 g/mol. The Hall–Kier alpha value is -3.37. The van der Waals surface area contributed by atoms with Crippen molar-refractivity contribution in [3.8, 4) is 5.88 Å². The van der Waals surface area contributed by atoms with Gasteiger partial charge in [0.25, 0.3) is 5.91 Å². The van der Waals surface area contributed by atoms with Crippen molar-refractivity contribution in [3.05, 3.63) is 47.3 Å². The Labute approximate surface area is 196 Å². The number of anilines is 1. The predicted octanol–water partition coefficient (Wildman–Crippen LogP) is 4.11. The lowest BCUT2D eigenvalue weighted by Crippen LogP contribution is -2.38. The fourth-order valence-corrected chi connectivity index (χ4v) is 3.36. The molecule has 34 heavy (non-hydrogen) atoms. The van der Waals surface area contributed by atoms with E-state index in [0.29, 0.717) is 35.1 Å². The van der Waals surface area contributed by atoms with E-state index in [1.807, 2.05) is 0 Å². The van der Waals surface area contributed by atoms with Crippen molar-refractivity contribution in [2.45, 2.75) is 51.7 Å². The third-order valence-electron chi connectivity index (χ3n) is 5.47. The van der Waals surface area contributed by atoms with Gasteiger partial charge in [0.15, 0.2) is 5.96 Å². The van der Waals surface area contributed by atoms with E-state index in [0.717, 1.165) is 6.42 Å². The summed E-state index contributed by atoms with van der Waals surface area (Å²) in [6, 6.07) is 5.95. The zero-order chi connectivity index (χ0) is 24.9. The molecule has 0 aromatic carbocycles. The van der Waals surface area contributed by atoms with Crippen LogP contribution in [0.2, 0.25) is 0 Å². The first-order chi connectivity index (χ1) is 16.0. The molecule has 0 aliphatic heterocycles. The molecule has 1 unspecified atom stereocenters. The molecule has 1 aliphatic rings. The second-order valence-electron chi connectivity index (χ2n) is 8.46. The van der Waals surface area contributed by atoms with Gasteiger partial charge in [0.05, 0.1) is 19.1 Å². The Kier molecular flexibility index (Phi) is 7.95. The van der Waals surface area contributed by atoms with Crippen LogP contribution < -0.4 is 20.7 Å². The van der Waals surface area contributed by atoms with Gasteiger partial charge >= 0.3 is 6.18 Å². The minimum atomic E-state index is -4.29. The number of guanidine groups is 1. The van der Waals surface area contributed by atoms with Crippen LogP contribution in [-0.2, 0) is 0 Å². The number of carbonyl (C=O) groups is 1. The minimum Gasteiger partial charge on any atom is -0.477 e. The average Bonchev–Trinajstić information content (AvgIpc) is 3.57. The Morgan fingerprint density at radius 3 is 2.68 bits per heavy atom. The van der Waals surface area contributed by atoms with E-state index in [4.69, 9.17) is 15.9 Å². The summed E-state index contributed by atoms with van der Waals surface area (Å²) in [5.74, 6) is 0.729. The maximum atomic E-state index is 12.9. The summed E-state index contributed by atoms with van der Waals surface area (Å²) >= 11 is 0. The average molecular weight is 479 g/mol. The van der Waals surface area contributed by atoms with E-state index < -0.39 is 25.2 Å². The van der Waals surface area contributed by atoms with Gasteiger partial charge < -0.3 is 15.8 Å². The molecule has 2 aromatic rings. The van der Waals surface area contributed by atoms with Gasteiger partial charge in [-0.15, -0.1) is 0 Å². The summed E-state index contributed by atoms with van der Waals surface area (Å²) < 4.78 is 41.7. The zero-order valence-corrected chi connectivity index (χ0v) is 19.2. The van der Waals surface area contributed by atoms with Crippen LogP contribution in [0, 0.1) is 18.3 Å². The van der Waals surface area contributed by atoms with Gasteiger partial charge in [0.1, 0.15) is 5.82 Å². The lowest BCUT2D eigenvalue weighted by molar-refractivity contribution is -0.139. The molecule has 2 heterocycles. The van der Waals surface area contributed by atoms with Crippen molar-refractivity contribution in [2.24, 2.45) is 11.7 Å². The van der Waals surface area contributed by atoms with E-state index in [-0.39, 0.29) is 17.7 Å². The van der Waals surface area contributed by atoms with Crippen LogP contribution >= 0.6 is 0 Å². The highest BCUT2D eigenvalue weighted by atomic mass is 19.4. The number of halogens is 3. The highest BCUT2D eigenvalue weighted by Gasteiger charge is 2.27. The molecule has 1 fully saturated rings. The largest absolute Gasteiger partial charge is 0.477 e. The lowest BCUT2D eigenvalue weighted by Gasteiger charge is -2.23. The number of alkyl halides is 3. The molecule has 0 saturated heterocycles. The fourth-order valence-electron chi connectivity index (χ4n) is 3.36. The first-order valence-corrected chi connectivity index (χ1v) is 11.1. The van der Waals surface area contributed by atoms with E-state index in [1.54, 1.807) is 36.9 Å². The van der Waals surface area contributed by atoms with Crippen LogP contribution in [-0.4, -0.2) is 41.2 Å². The Morgan fingerprint density at radius 2 is 2.09 bits per heavy atom. The number of hydrogen-bond acceptors (Lipinski definition) is 5. The fraction of sp³-hybridized carbons (Fsp3) is 0.478. The Balaban J connectivity index is 1.63. The second kappa shape index (κ2) is 10.7. The first kappa shape index (κ1) is 25.3. The molecule has 0 bridgehead atoms. The van der Waals surface area contributed by atoms with Crippen molar-refractivity contribution in [1.82, 2.24) is 15.3 Å². The predicted molar refractivity (Wildman–Crippen MR) is 122 cm³/mol. The van der Waals surface area contributed by atoms with E-state index in [2.05, 4.69) is 15.3 Å². The third kappa shape index (κ3) is 7.60. The molecule has 1 atom stereocenters. The van der Waals surface area contributed by atoms with Gasteiger partial charge in [-0.2, -0.15) is 13.2 Å². The molecule has 2 aromatic heterocycles. The highest BCUT2D eigenvalue weighted by molar-refractivity contribution is 5.97. The van der Waals surface area contributed by atoms with Crippen molar-refractivity contribution in [2.75, 3.05) is 18.1 Å². The number of pyridine rings is 2. The van der Waals surface area contributed by atoms with Crippen LogP contribution in [0.5, 0.6) is 5.88 Å². The summed E-state index contributed by atoms with van der Waals surface area (Å²) in [6.45, 7) is 3.59. The minimum absolute atomic E-state index is 0.0800. The van der Waals surface area contributed by atoms with Crippen LogP contribution in [0.1, 0.15) is 60.3 Å². The number of aryl methyl sites for hydroxylation is 1. The molecule has 8 nitrogen and oxygen atoms in total. The number of nitrogens with zero attached hydrogens (tertiary/aromatic N) is 3. The van der Waals surface area contributed by atoms with Gasteiger partial charge in [0.2, 0.25) is 5.88 Å². The standard InChI is InChI=1S/C23H29F3N6O2/c1-14-11-18(12-19(30-14)32(22(27)28)9-7-16-3-4-16)21(33)31-15(2)17-5-6-20(29-13-17)34-10-8-23(24,25)26/h5-6,11-13,15-16H,3-4,7-10H2,1-2H3,(H3,27,28)(H,31,33). The molecular weight excluding hydrogens is 449 g/mol. The normalized spacial score (nSPS) is 14.4. The number of rotatable bonds is 10. The van der Waals surface area contributed by atoms with Crippen LogP contribution in [0.3, 0.4) is 0 Å². The molecule has 1 aliphatic carbocycles. The number of aromatic nitrogens is 2. The van der Waals surface area contributed by atoms with Gasteiger partial charge in [-0.05, 0) is 43.9 Å². The molecule has 11 heteroatoms. The van der Waals surface area contributed by atoms with Gasteiger partial charge in [-0.25, -0.2) is 9.97 Å². The highest BCUT2D eigenvalue weighted by Crippen LogP contribution is 2.33. The topological polar surface area (TPSA) is 117 Å². The summed E-state index contributed by atoms with van der Waals surface area (Å²) in [4.78, 5) is 23.0. The quantitative estimate of drug-likeness (QED) is 0.350. The summed E-state index contributed by atoms with van der Waals surface area (Å²) in [7, 11) is 0. The Bertz CT molecular complexity index is 1010. The van der Waals surface area contributed by atoms with E-state index in [1.165, 1.54) is 25.1 Å². The number of carbonyl (C=O) groups excluding carboxylic acids is 1. The maximum Gasteiger partial charge on any atom is 0.392 e. The molecule has 3 rings (SSSR count). The molecule has 1 saturated carbocycles. The lowest BCUT2D eigenvalue weighted by atomic mass is 10.1. The summed E-state index contributed by atoms with van der Waals surface area (Å²) in [5.41, 5.74) is 7.43. The number of nitrogens with two attached hydrogens (primary N) is 1. The molecule has 0 spiro atoms. The summed E-state index contributed by atoms with van der Waals surface area (Å²) in [6.07, 6.45) is -0.605.